The van der Waals surface area contributed by atoms with E-state index in [1.165, 1.54) is 0 Å². The summed E-state index contributed by atoms with van der Waals surface area (Å²) in [6.07, 6.45) is -1.83. The van der Waals surface area contributed by atoms with Crippen molar-refractivity contribution in [3.05, 3.63) is 0 Å². The van der Waals surface area contributed by atoms with Crippen LogP contribution in [0.15, 0.2) is 0 Å². The van der Waals surface area contributed by atoms with Crippen LogP contribution in [0.5, 0.6) is 0 Å². The van der Waals surface area contributed by atoms with Crippen molar-refractivity contribution >= 4 is 18.6 Å². The number of carboxylic acid groups (broad SMARTS) is 2. The molecule has 0 atom stereocenters. The van der Waals surface area contributed by atoms with Gasteiger partial charge in [-0.15, -0.1) is 12.4 Å². The van der Waals surface area contributed by atoms with Gasteiger partial charge in [0.25, 0.3) is 0 Å². The maximum absolute atomic E-state index is 8.56. The molecule has 7 heavy (non-hydrogen) atoms. The van der Waals surface area contributed by atoms with E-state index >= 15 is 0 Å². The summed E-state index contributed by atoms with van der Waals surface area (Å²) in [6, 6.07) is 0. The average Bonchev–Trinajstić information content (AvgIpc) is 0.811. The van der Waals surface area contributed by atoms with Crippen LogP contribution in [0.3, 0.4) is 0 Å². The van der Waals surface area contributed by atoms with Gasteiger partial charge in [-0.25, -0.2) is 4.79 Å². The Balaban J connectivity index is -0.0000000150. The monoisotopic (exact) mass is 226 g/mol. The Morgan fingerprint density at radius 3 is 1.14 bits per heavy atom. The van der Waals surface area contributed by atoms with E-state index in [4.69, 9.17) is 15.0 Å². The molecule has 0 spiro atoms. The Labute approximate surface area is 72.4 Å². The minimum atomic E-state index is -1.83. The minimum Gasteiger partial charge on any atom is -0.450 e. The third kappa shape index (κ3) is 242. The normalized spacial score (nSPS) is 3.43. The Bertz CT molecular complexity index is 35.9. The van der Waals surface area contributed by atoms with Gasteiger partial charge in [0.2, 0.25) is 0 Å². The van der Waals surface area contributed by atoms with Crippen LogP contribution in [0, 0.1) is 0 Å². The van der Waals surface area contributed by atoms with Crippen LogP contribution in [0.4, 0.5) is 4.79 Å². The van der Waals surface area contributed by atoms with Gasteiger partial charge in [-0.05, 0) is 0 Å². The van der Waals surface area contributed by atoms with Crippen molar-refractivity contribution in [1.82, 2.24) is 0 Å². The topological polar surface area (TPSA) is 57.5 Å². The molecule has 0 aliphatic carbocycles. The molecule has 0 saturated heterocycles. The van der Waals surface area contributed by atoms with E-state index in [2.05, 4.69) is 0 Å². The van der Waals surface area contributed by atoms with Crippen molar-refractivity contribution in [1.29, 1.82) is 0 Å². The zero-order valence-corrected chi connectivity index (χ0v) is 10.4. The van der Waals surface area contributed by atoms with Crippen molar-refractivity contribution in [3.63, 3.8) is 0 Å². The van der Waals surface area contributed by atoms with Crippen molar-refractivity contribution < 1.29 is 54.0 Å². The van der Waals surface area contributed by atoms with Crippen LogP contribution >= 0.6 is 12.4 Å². The molecule has 2 N–H and O–H groups in total. The van der Waals surface area contributed by atoms with Gasteiger partial charge >= 0.3 is 45.1 Å². The van der Waals surface area contributed by atoms with E-state index in [1.54, 1.807) is 0 Å². The average molecular weight is 229 g/mol. The molecule has 0 rings (SSSR count). The maximum Gasteiger partial charge on any atom is 2.00 e. The molecule has 0 aromatic rings. The van der Waals surface area contributed by atoms with Gasteiger partial charge in [-0.3, -0.25) is 0 Å². The van der Waals surface area contributed by atoms with Crippen LogP contribution in [0.25, 0.3) is 0 Å². The third-order valence-electron chi connectivity index (χ3n) is 0. The zero-order chi connectivity index (χ0) is 3.58. The molecule has 3 nitrogen and oxygen atoms in total. The van der Waals surface area contributed by atoms with E-state index in [9.17, 15) is 0 Å². The molecule has 0 fully saturated rings. The van der Waals surface area contributed by atoms with Gasteiger partial charge < -0.3 is 10.2 Å². The maximum atomic E-state index is 8.56. The summed E-state index contributed by atoms with van der Waals surface area (Å²) in [6.45, 7) is 0. The van der Waals surface area contributed by atoms with Gasteiger partial charge in [0.1, 0.15) is 0 Å². The summed E-state index contributed by atoms with van der Waals surface area (Å²) in [4.78, 5) is 8.56. The molecule has 0 heterocycles. The van der Waals surface area contributed by atoms with Gasteiger partial charge in [-0.1, -0.05) is 0 Å². The predicted octanol–water partition coefficient (Wildman–Crippen LogP) is 0.639. The minimum absolute atomic E-state index is 0. The molecule has 0 unspecified atom stereocenters. The van der Waals surface area contributed by atoms with Crippen LogP contribution < -0.4 is 0 Å². The van der Waals surface area contributed by atoms with E-state index in [-0.39, 0.29) is 51.4 Å². The molecule has 0 aliphatic heterocycles. The summed E-state index contributed by atoms with van der Waals surface area (Å²) in [5.41, 5.74) is 0. The first-order chi connectivity index (χ1) is 1.73. The second-order valence-electron chi connectivity index (χ2n) is 0.283. The number of carbonyl (C=O) groups is 1. The second kappa shape index (κ2) is 15.8. The van der Waals surface area contributed by atoms with Gasteiger partial charge in [-0.2, -0.15) is 0 Å². The number of rotatable bonds is 0. The molecule has 0 aromatic heterocycles. The number of halogens is 1. The fourth-order valence-corrected chi connectivity index (χ4v) is 0. The number of hydrogen-bond acceptors (Lipinski definition) is 1. The predicted molar refractivity (Wildman–Crippen MR) is 17.9 cm³/mol. The van der Waals surface area contributed by atoms with E-state index in [0.717, 1.165) is 0 Å². The standard InChI is InChI=1S/CH2O3.ClH.2Zn/c2-1(3)4;;;/h(H2,2,3,4);1H;;/q;;2*+2. The van der Waals surface area contributed by atoms with E-state index in [1.807, 2.05) is 0 Å². The third-order valence-corrected chi connectivity index (χ3v) is 0. The Morgan fingerprint density at radius 2 is 1.14 bits per heavy atom. The molecule has 0 aliphatic rings. The Hall–Kier alpha value is 0.807. The molecule has 0 amide bonds. The first-order valence-corrected chi connectivity index (χ1v) is 0.651. The largest absolute Gasteiger partial charge is 2.00 e. The van der Waals surface area contributed by atoms with Crippen molar-refractivity contribution in [2.75, 3.05) is 0 Å². The molecule has 0 aromatic carbocycles. The van der Waals surface area contributed by atoms with Gasteiger partial charge in [0, 0.05) is 0 Å². The van der Waals surface area contributed by atoms with Gasteiger partial charge in [0.15, 0.2) is 0 Å². The summed E-state index contributed by atoms with van der Waals surface area (Å²) in [7, 11) is 0. The molecular formula is CH3ClO3Zn2+4. The van der Waals surface area contributed by atoms with E-state index in [0.29, 0.717) is 0 Å². The SMILES string of the molecule is Cl.O=C(O)O.[Zn+2].[Zn+2]. The quantitative estimate of drug-likeness (QED) is 0.599. The molecule has 0 saturated carbocycles. The zero-order valence-electron chi connectivity index (χ0n) is 3.63. The first kappa shape index (κ1) is 25.0. The van der Waals surface area contributed by atoms with Crippen molar-refractivity contribution in [3.8, 4) is 0 Å². The van der Waals surface area contributed by atoms with Crippen LogP contribution in [0.1, 0.15) is 0 Å². The fraction of sp³-hybridized carbons (Fsp3) is 0. The smallest absolute Gasteiger partial charge is 0.450 e. The second-order valence-corrected chi connectivity index (χ2v) is 0.283. The van der Waals surface area contributed by atoms with Crippen LogP contribution in [-0.4, -0.2) is 16.4 Å². The summed E-state index contributed by atoms with van der Waals surface area (Å²) in [5.74, 6) is 0. The first-order valence-electron chi connectivity index (χ1n) is 0.651. The van der Waals surface area contributed by atoms with E-state index < -0.39 is 6.16 Å². The fourth-order valence-electron chi connectivity index (χ4n) is 0. The Morgan fingerprint density at radius 1 is 1.14 bits per heavy atom. The molecule has 0 bridgehead atoms. The van der Waals surface area contributed by atoms with Crippen LogP contribution in [0.2, 0.25) is 0 Å². The van der Waals surface area contributed by atoms with Crippen molar-refractivity contribution in [2.24, 2.45) is 0 Å². The summed E-state index contributed by atoms with van der Waals surface area (Å²) < 4.78 is 0. The number of hydrogen-bond donors (Lipinski definition) is 2. The Kier molecular flexibility index (Phi) is 56.5. The molecule has 6 heteroatoms. The van der Waals surface area contributed by atoms with Crippen molar-refractivity contribution in [2.45, 2.75) is 0 Å². The molecule has 32 valence electrons. The summed E-state index contributed by atoms with van der Waals surface area (Å²) in [5, 5.41) is 13.9. The molecular weight excluding hydrogens is 226 g/mol. The molecule has 0 radical (unpaired) electrons. The van der Waals surface area contributed by atoms with Gasteiger partial charge in [0.05, 0.1) is 0 Å². The van der Waals surface area contributed by atoms with Crippen LogP contribution in [-0.2, 0) is 39.0 Å². The summed E-state index contributed by atoms with van der Waals surface area (Å²) >= 11 is 0.